The topological polar surface area (TPSA) is 59.0 Å². The summed E-state index contributed by atoms with van der Waals surface area (Å²) in [6, 6.07) is 4.37. The van der Waals surface area contributed by atoms with Crippen molar-refractivity contribution in [3.8, 4) is 0 Å². The lowest BCUT2D eigenvalue weighted by Gasteiger charge is -2.38. The van der Waals surface area contributed by atoms with Gasteiger partial charge in [0.2, 0.25) is 0 Å². The van der Waals surface area contributed by atoms with Gasteiger partial charge < -0.3 is 14.6 Å². The van der Waals surface area contributed by atoms with Crippen LogP contribution in [0.2, 0.25) is 0 Å². The van der Waals surface area contributed by atoms with Gasteiger partial charge in [-0.3, -0.25) is 4.90 Å². The minimum Gasteiger partial charge on any atom is -0.475 e. The van der Waals surface area contributed by atoms with E-state index in [9.17, 15) is 13.2 Å². The molecule has 2 saturated heterocycles. The molecule has 5 nitrogen and oxygen atoms in total. The molecule has 1 atom stereocenters. The van der Waals surface area contributed by atoms with Crippen molar-refractivity contribution in [3.05, 3.63) is 22.4 Å². The van der Waals surface area contributed by atoms with E-state index in [0.717, 1.165) is 52.1 Å². The van der Waals surface area contributed by atoms with Gasteiger partial charge in [0.15, 0.2) is 0 Å². The van der Waals surface area contributed by atoms with Crippen LogP contribution in [0.1, 0.15) is 31.1 Å². The highest BCUT2D eigenvalue weighted by molar-refractivity contribution is 7.09. The summed E-state index contributed by atoms with van der Waals surface area (Å²) in [7, 11) is 0. The van der Waals surface area contributed by atoms with Crippen LogP contribution >= 0.6 is 11.3 Å². The number of carboxylic acid groups (broad SMARTS) is 1. The Bertz CT molecular complexity index is 557. The van der Waals surface area contributed by atoms with Gasteiger partial charge in [-0.05, 0) is 31.2 Å². The molecule has 0 aliphatic carbocycles. The molecule has 1 aromatic heterocycles. The minimum atomic E-state index is -5.08. The molecule has 2 fully saturated rings. The van der Waals surface area contributed by atoms with Gasteiger partial charge in [0, 0.05) is 37.5 Å². The number of hydrogen-bond donors (Lipinski definition) is 1. The molecule has 2 aliphatic heterocycles. The lowest BCUT2D eigenvalue weighted by molar-refractivity contribution is -0.192. The Hall–Kier alpha value is -1.16. The van der Waals surface area contributed by atoms with E-state index >= 15 is 0 Å². The third kappa shape index (κ3) is 6.22. The van der Waals surface area contributed by atoms with Crippen LogP contribution in [0.4, 0.5) is 13.2 Å². The van der Waals surface area contributed by atoms with Gasteiger partial charge in [0.25, 0.3) is 0 Å². The Kier molecular flexibility index (Phi) is 7.45. The van der Waals surface area contributed by atoms with Crippen LogP contribution in [0.3, 0.4) is 0 Å². The van der Waals surface area contributed by atoms with Gasteiger partial charge in [-0.2, -0.15) is 13.2 Å². The molecule has 1 N–H and O–H groups in total. The Morgan fingerprint density at radius 1 is 1.46 bits per heavy atom. The molecule has 3 rings (SSSR count). The van der Waals surface area contributed by atoms with Gasteiger partial charge in [-0.25, -0.2) is 4.79 Å². The van der Waals surface area contributed by atoms with E-state index in [4.69, 9.17) is 19.4 Å². The SMILES string of the molecule is CCOC1COC2(CCN(Cc3cccs3)CC2)C1.O=C(O)C(F)(F)F. The van der Waals surface area contributed by atoms with Crippen molar-refractivity contribution in [2.75, 3.05) is 26.3 Å². The highest BCUT2D eigenvalue weighted by Crippen LogP contribution is 2.37. The zero-order valence-electron chi connectivity index (χ0n) is 14.6. The van der Waals surface area contributed by atoms with Crippen molar-refractivity contribution in [3.63, 3.8) is 0 Å². The summed E-state index contributed by atoms with van der Waals surface area (Å²) in [6.45, 7) is 7.05. The monoisotopic (exact) mass is 395 g/mol. The van der Waals surface area contributed by atoms with Gasteiger partial charge >= 0.3 is 12.1 Å². The third-order valence-electron chi connectivity index (χ3n) is 4.55. The van der Waals surface area contributed by atoms with E-state index < -0.39 is 12.1 Å². The molecular weight excluding hydrogens is 371 g/mol. The van der Waals surface area contributed by atoms with Crippen LogP contribution in [-0.4, -0.2) is 60.2 Å². The first-order chi connectivity index (χ1) is 12.2. The maximum atomic E-state index is 10.6. The first kappa shape index (κ1) is 21.1. The van der Waals surface area contributed by atoms with Crippen LogP contribution in [0, 0.1) is 0 Å². The molecule has 148 valence electrons. The number of carbonyl (C=O) groups is 1. The molecule has 9 heteroatoms. The maximum absolute atomic E-state index is 10.6. The molecule has 3 heterocycles. The first-order valence-corrected chi connectivity index (χ1v) is 9.42. The summed E-state index contributed by atoms with van der Waals surface area (Å²) in [5.74, 6) is -2.76. The van der Waals surface area contributed by atoms with Crippen molar-refractivity contribution in [1.29, 1.82) is 0 Å². The molecule has 0 aromatic carbocycles. The maximum Gasteiger partial charge on any atom is 0.490 e. The first-order valence-electron chi connectivity index (χ1n) is 8.54. The highest BCUT2D eigenvalue weighted by atomic mass is 32.1. The second-order valence-electron chi connectivity index (χ2n) is 6.43. The fraction of sp³-hybridized carbons (Fsp3) is 0.706. The number of rotatable bonds is 4. The van der Waals surface area contributed by atoms with Crippen molar-refractivity contribution < 1.29 is 32.5 Å². The second-order valence-corrected chi connectivity index (χ2v) is 7.47. The van der Waals surface area contributed by atoms with Crippen molar-refractivity contribution >= 4 is 17.3 Å². The molecule has 1 unspecified atom stereocenters. The Morgan fingerprint density at radius 2 is 2.12 bits per heavy atom. The third-order valence-corrected chi connectivity index (χ3v) is 5.41. The largest absolute Gasteiger partial charge is 0.490 e. The molecule has 26 heavy (non-hydrogen) atoms. The minimum absolute atomic E-state index is 0.117. The summed E-state index contributed by atoms with van der Waals surface area (Å²) in [6.07, 6.45) is -1.36. The molecule has 0 radical (unpaired) electrons. The fourth-order valence-corrected chi connectivity index (χ4v) is 3.98. The van der Waals surface area contributed by atoms with Crippen LogP contribution in [0.15, 0.2) is 17.5 Å². The van der Waals surface area contributed by atoms with Crippen LogP contribution in [0.25, 0.3) is 0 Å². The Balaban J connectivity index is 0.000000298. The normalized spacial score (nSPS) is 22.8. The number of thiophene rings is 1. The molecule has 2 aliphatic rings. The zero-order valence-corrected chi connectivity index (χ0v) is 15.4. The summed E-state index contributed by atoms with van der Waals surface area (Å²) in [4.78, 5) is 12.9. The molecule has 1 aromatic rings. The summed E-state index contributed by atoms with van der Waals surface area (Å²) >= 11 is 1.85. The number of likely N-dealkylation sites (tertiary alicyclic amines) is 1. The standard InChI is InChI=1S/C15H23NO2S.C2HF3O2/c1-2-17-13-10-15(18-12-13)5-7-16(8-6-15)11-14-4-3-9-19-14;3-2(4,5)1(6)7/h3-4,9,13H,2,5-8,10-12H2,1H3;(H,6,7). The number of halogens is 3. The quantitative estimate of drug-likeness (QED) is 0.845. The zero-order chi connectivity index (χ0) is 19.2. The Morgan fingerprint density at radius 3 is 2.62 bits per heavy atom. The molecule has 0 bridgehead atoms. The van der Waals surface area contributed by atoms with Crippen LogP contribution in [-0.2, 0) is 20.8 Å². The number of ether oxygens (including phenoxy) is 2. The van der Waals surface area contributed by atoms with Crippen LogP contribution in [0.5, 0.6) is 0 Å². The molecule has 1 spiro atoms. The number of nitrogens with zero attached hydrogens (tertiary/aromatic N) is 1. The summed E-state index contributed by atoms with van der Waals surface area (Å²) in [5.41, 5.74) is 0.117. The van der Waals surface area contributed by atoms with Crippen molar-refractivity contribution in [2.24, 2.45) is 0 Å². The molecular formula is C17H24F3NO4S. The van der Waals surface area contributed by atoms with Gasteiger partial charge in [-0.15, -0.1) is 11.3 Å². The Labute approximate surface area is 154 Å². The smallest absolute Gasteiger partial charge is 0.475 e. The lowest BCUT2D eigenvalue weighted by Crippen LogP contribution is -2.43. The van der Waals surface area contributed by atoms with E-state index in [2.05, 4.69) is 29.3 Å². The van der Waals surface area contributed by atoms with E-state index in [-0.39, 0.29) is 5.60 Å². The predicted molar refractivity (Wildman–Crippen MR) is 91.2 cm³/mol. The average Bonchev–Trinajstić information content (AvgIpc) is 3.21. The number of alkyl halides is 3. The average molecular weight is 395 g/mol. The van der Waals surface area contributed by atoms with Crippen molar-refractivity contribution in [2.45, 2.75) is 50.6 Å². The lowest BCUT2D eigenvalue weighted by atomic mass is 9.88. The van der Waals surface area contributed by atoms with Gasteiger partial charge in [-0.1, -0.05) is 6.07 Å². The van der Waals surface area contributed by atoms with E-state index in [1.165, 1.54) is 4.88 Å². The number of piperidine rings is 1. The second kappa shape index (κ2) is 9.16. The number of aliphatic carboxylic acids is 1. The number of carboxylic acids is 1. The van der Waals surface area contributed by atoms with E-state index in [1.807, 2.05) is 11.3 Å². The highest BCUT2D eigenvalue weighted by Gasteiger charge is 2.43. The number of hydrogen-bond acceptors (Lipinski definition) is 5. The summed E-state index contributed by atoms with van der Waals surface area (Å²) in [5, 5.41) is 9.29. The molecule has 0 amide bonds. The van der Waals surface area contributed by atoms with Gasteiger partial charge in [0.1, 0.15) is 0 Å². The van der Waals surface area contributed by atoms with E-state index in [0.29, 0.717) is 6.10 Å². The van der Waals surface area contributed by atoms with Crippen molar-refractivity contribution in [1.82, 2.24) is 4.90 Å². The van der Waals surface area contributed by atoms with Gasteiger partial charge in [0.05, 0.1) is 18.3 Å². The predicted octanol–water partition coefficient (Wildman–Crippen LogP) is 3.54. The summed E-state index contributed by atoms with van der Waals surface area (Å²) < 4.78 is 43.5. The van der Waals surface area contributed by atoms with E-state index in [1.54, 1.807) is 0 Å². The van der Waals surface area contributed by atoms with Crippen LogP contribution < -0.4 is 0 Å². The fourth-order valence-electron chi connectivity index (χ4n) is 3.24. The molecule has 0 saturated carbocycles.